The SMILES string of the molecule is Cc1cc(NC(=O)c2cnccc2Cl)ncc1Br. The van der Waals surface area contributed by atoms with E-state index in [1.807, 2.05) is 6.92 Å². The monoisotopic (exact) mass is 325 g/mol. The van der Waals surface area contributed by atoms with Crippen LogP contribution in [0.3, 0.4) is 0 Å². The molecule has 0 unspecified atom stereocenters. The number of aromatic nitrogens is 2. The van der Waals surface area contributed by atoms with Gasteiger partial charge in [0.25, 0.3) is 5.91 Å². The molecule has 0 aliphatic carbocycles. The Kier molecular flexibility index (Phi) is 3.93. The summed E-state index contributed by atoms with van der Waals surface area (Å²) >= 11 is 9.26. The van der Waals surface area contributed by atoms with Crippen molar-refractivity contribution in [1.82, 2.24) is 9.97 Å². The Morgan fingerprint density at radius 1 is 1.44 bits per heavy atom. The Morgan fingerprint density at radius 3 is 2.89 bits per heavy atom. The van der Waals surface area contributed by atoms with Gasteiger partial charge in [-0.25, -0.2) is 4.98 Å². The van der Waals surface area contributed by atoms with Crippen molar-refractivity contribution >= 4 is 39.3 Å². The Labute approximate surface area is 118 Å². The lowest BCUT2D eigenvalue weighted by atomic mass is 10.2. The highest BCUT2D eigenvalue weighted by Gasteiger charge is 2.11. The zero-order valence-electron chi connectivity index (χ0n) is 9.45. The maximum Gasteiger partial charge on any atom is 0.259 e. The lowest BCUT2D eigenvalue weighted by Gasteiger charge is -2.06. The van der Waals surface area contributed by atoms with Crippen LogP contribution < -0.4 is 5.32 Å². The molecule has 92 valence electrons. The van der Waals surface area contributed by atoms with Crippen molar-refractivity contribution in [2.45, 2.75) is 6.92 Å². The van der Waals surface area contributed by atoms with E-state index in [4.69, 9.17) is 11.6 Å². The molecular formula is C12H9BrClN3O. The van der Waals surface area contributed by atoms with Crippen molar-refractivity contribution in [3.05, 3.63) is 51.3 Å². The number of carbonyl (C=O) groups is 1. The van der Waals surface area contributed by atoms with E-state index in [0.29, 0.717) is 16.4 Å². The van der Waals surface area contributed by atoms with Crippen molar-refractivity contribution < 1.29 is 4.79 Å². The Morgan fingerprint density at radius 2 is 2.22 bits per heavy atom. The topological polar surface area (TPSA) is 54.9 Å². The lowest BCUT2D eigenvalue weighted by Crippen LogP contribution is -2.13. The number of hydrogen-bond acceptors (Lipinski definition) is 3. The summed E-state index contributed by atoms with van der Waals surface area (Å²) in [6.07, 6.45) is 4.58. The Bertz CT molecular complexity index is 604. The molecule has 1 N–H and O–H groups in total. The fraction of sp³-hybridized carbons (Fsp3) is 0.0833. The number of amides is 1. The Balaban J connectivity index is 2.22. The van der Waals surface area contributed by atoms with Crippen LogP contribution in [0.2, 0.25) is 5.02 Å². The van der Waals surface area contributed by atoms with Crippen LogP contribution in [0.25, 0.3) is 0 Å². The van der Waals surface area contributed by atoms with Gasteiger partial charge in [0.05, 0.1) is 10.6 Å². The van der Waals surface area contributed by atoms with Crippen LogP contribution in [0.5, 0.6) is 0 Å². The van der Waals surface area contributed by atoms with Crippen LogP contribution in [0, 0.1) is 6.92 Å². The number of anilines is 1. The molecule has 1 amide bonds. The van der Waals surface area contributed by atoms with Crippen LogP contribution >= 0.6 is 27.5 Å². The van der Waals surface area contributed by atoms with E-state index >= 15 is 0 Å². The molecule has 0 aliphatic rings. The van der Waals surface area contributed by atoms with E-state index in [9.17, 15) is 4.79 Å². The lowest BCUT2D eigenvalue weighted by molar-refractivity contribution is 0.102. The largest absolute Gasteiger partial charge is 0.306 e. The molecule has 0 aliphatic heterocycles. The molecule has 2 aromatic heterocycles. The van der Waals surface area contributed by atoms with Gasteiger partial charge >= 0.3 is 0 Å². The highest BCUT2D eigenvalue weighted by molar-refractivity contribution is 9.10. The first kappa shape index (κ1) is 13.0. The summed E-state index contributed by atoms with van der Waals surface area (Å²) in [6, 6.07) is 3.34. The number of nitrogens with zero attached hydrogens (tertiary/aromatic N) is 2. The van der Waals surface area contributed by atoms with Gasteiger partial charge < -0.3 is 5.32 Å². The first-order valence-electron chi connectivity index (χ1n) is 5.11. The molecule has 2 heterocycles. The second-order valence-corrected chi connectivity index (χ2v) is 4.89. The van der Waals surface area contributed by atoms with Crippen LogP contribution in [0.15, 0.2) is 35.2 Å². The molecule has 0 saturated carbocycles. The molecule has 2 aromatic rings. The summed E-state index contributed by atoms with van der Waals surface area (Å²) in [5, 5.41) is 3.03. The molecule has 6 heteroatoms. The minimum atomic E-state index is -0.331. The summed E-state index contributed by atoms with van der Waals surface area (Å²) < 4.78 is 0.889. The zero-order chi connectivity index (χ0) is 13.1. The van der Waals surface area contributed by atoms with E-state index < -0.39 is 0 Å². The van der Waals surface area contributed by atoms with E-state index in [0.717, 1.165) is 10.0 Å². The summed E-state index contributed by atoms with van der Waals surface area (Å²) in [5.41, 5.74) is 1.30. The summed E-state index contributed by atoms with van der Waals surface area (Å²) in [4.78, 5) is 19.9. The number of halogens is 2. The molecule has 0 aromatic carbocycles. The summed E-state index contributed by atoms with van der Waals surface area (Å²) in [6.45, 7) is 1.92. The predicted molar refractivity (Wildman–Crippen MR) is 73.9 cm³/mol. The highest BCUT2D eigenvalue weighted by Crippen LogP contribution is 2.19. The van der Waals surface area contributed by atoms with Crippen LogP contribution in [0.4, 0.5) is 5.82 Å². The average molecular weight is 327 g/mol. The molecule has 0 saturated heterocycles. The number of hydrogen-bond donors (Lipinski definition) is 1. The molecule has 0 fully saturated rings. The predicted octanol–water partition coefficient (Wildman–Crippen LogP) is 3.45. The molecule has 2 rings (SSSR count). The van der Waals surface area contributed by atoms with Crippen molar-refractivity contribution in [1.29, 1.82) is 0 Å². The quantitative estimate of drug-likeness (QED) is 0.919. The van der Waals surface area contributed by atoms with E-state index in [1.54, 1.807) is 18.3 Å². The highest BCUT2D eigenvalue weighted by atomic mass is 79.9. The van der Waals surface area contributed by atoms with Crippen LogP contribution in [-0.4, -0.2) is 15.9 Å². The van der Waals surface area contributed by atoms with Gasteiger partial charge in [-0.3, -0.25) is 9.78 Å². The van der Waals surface area contributed by atoms with Gasteiger partial charge in [-0.15, -0.1) is 0 Å². The van der Waals surface area contributed by atoms with Gasteiger partial charge in [0.2, 0.25) is 0 Å². The summed E-state index contributed by atoms with van der Waals surface area (Å²) in [5.74, 6) is 0.142. The number of pyridine rings is 2. The van der Waals surface area contributed by atoms with Gasteiger partial charge in [0, 0.05) is 23.1 Å². The van der Waals surface area contributed by atoms with Crippen molar-refractivity contribution in [3.63, 3.8) is 0 Å². The number of rotatable bonds is 2. The minimum Gasteiger partial charge on any atom is -0.306 e. The van der Waals surface area contributed by atoms with Crippen molar-refractivity contribution in [3.8, 4) is 0 Å². The van der Waals surface area contributed by atoms with Crippen molar-refractivity contribution in [2.24, 2.45) is 0 Å². The molecule has 4 nitrogen and oxygen atoms in total. The second-order valence-electron chi connectivity index (χ2n) is 3.63. The fourth-order valence-corrected chi connectivity index (χ4v) is 1.74. The average Bonchev–Trinajstić information content (AvgIpc) is 2.34. The normalized spacial score (nSPS) is 10.2. The molecule has 0 bridgehead atoms. The first-order chi connectivity index (χ1) is 8.58. The zero-order valence-corrected chi connectivity index (χ0v) is 11.8. The van der Waals surface area contributed by atoms with Gasteiger partial charge in [-0.2, -0.15) is 0 Å². The second kappa shape index (κ2) is 5.46. The third-order valence-corrected chi connectivity index (χ3v) is 3.46. The van der Waals surface area contributed by atoms with Gasteiger partial charge in [-0.05, 0) is 40.5 Å². The maximum atomic E-state index is 11.9. The van der Waals surface area contributed by atoms with Gasteiger partial charge in [0.15, 0.2) is 0 Å². The van der Waals surface area contributed by atoms with E-state index in [1.165, 1.54) is 12.4 Å². The van der Waals surface area contributed by atoms with Gasteiger partial charge in [-0.1, -0.05) is 11.6 Å². The first-order valence-corrected chi connectivity index (χ1v) is 6.28. The number of carbonyl (C=O) groups excluding carboxylic acids is 1. The third kappa shape index (κ3) is 2.86. The minimum absolute atomic E-state index is 0.321. The van der Waals surface area contributed by atoms with E-state index in [2.05, 4.69) is 31.2 Å². The van der Waals surface area contributed by atoms with Crippen LogP contribution in [-0.2, 0) is 0 Å². The summed E-state index contributed by atoms with van der Waals surface area (Å²) in [7, 11) is 0. The Hall–Kier alpha value is -1.46. The van der Waals surface area contributed by atoms with Crippen molar-refractivity contribution in [2.75, 3.05) is 5.32 Å². The number of aryl methyl sites for hydroxylation is 1. The van der Waals surface area contributed by atoms with Crippen LogP contribution in [0.1, 0.15) is 15.9 Å². The smallest absolute Gasteiger partial charge is 0.259 e. The molecule has 0 spiro atoms. The standard InChI is InChI=1S/C12H9BrClN3O/c1-7-4-11(16-6-9(7)13)17-12(18)8-5-15-3-2-10(8)14/h2-6H,1H3,(H,16,17,18). The molecule has 0 atom stereocenters. The van der Waals surface area contributed by atoms with E-state index in [-0.39, 0.29) is 5.91 Å². The fourth-order valence-electron chi connectivity index (χ4n) is 1.34. The number of nitrogens with one attached hydrogen (secondary N) is 1. The maximum absolute atomic E-state index is 11.9. The third-order valence-electron chi connectivity index (χ3n) is 2.30. The molecule has 18 heavy (non-hydrogen) atoms. The van der Waals surface area contributed by atoms with Gasteiger partial charge in [0.1, 0.15) is 5.82 Å². The molecule has 0 radical (unpaired) electrons. The molecular weight excluding hydrogens is 318 g/mol.